The lowest BCUT2D eigenvalue weighted by atomic mass is 10.1. The molecule has 0 saturated heterocycles. The van der Waals surface area contributed by atoms with Crippen molar-refractivity contribution in [2.75, 3.05) is 11.8 Å². The third-order valence-corrected chi connectivity index (χ3v) is 8.33. The molecule has 0 fully saturated rings. The van der Waals surface area contributed by atoms with Crippen molar-refractivity contribution in [1.29, 1.82) is 0 Å². The van der Waals surface area contributed by atoms with Crippen LogP contribution in [0, 0.1) is 13.8 Å². The number of nitrogens with one attached hydrogen (secondary N) is 2. The molecule has 10 nitrogen and oxygen atoms in total. The van der Waals surface area contributed by atoms with Gasteiger partial charge in [0.1, 0.15) is 5.75 Å². The van der Waals surface area contributed by atoms with Crippen LogP contribution in [0.25, 0.3) is 16.5 Å². The Hall–Kier alpha value is -5.42. The van der Waals surface area contributed by atoms with Gasteiger partial charge in [0, 0.05) is 16.3 Å². The quantitative estimate of drug-likeness (QED) is 0.172. The molecule has 0 aliphatic rings. The maximum atomic E-state index is 13.4. The lowest BCUT2D eigenvalue weighted by Gasteiger charge is -2.14. The van der Waals surface area contributed by atoms with Gasteiger partial charge >= 0.3 is 0 Å². The second kappa shape index (κ2) is 11.8. The second-order valence-corrected chi connectivity index (χ2v) is 11.4. The van der Waals surface area contributed by atoms with Crippen LogP contribution >= 0.6 is 0 Å². The Labute approximate surface area is 247 Å². The van der Waals surface area contributed by atoms with Crippen LogP contribution in [-0.4, -0.2) is 37.3 Å². The fourth-order valence-electron chi connectivity index (χ4n) is 4.55. The molecule has 218 valence electrons. The Kier molecular flexibility index (Phi) is 8.00. The molecule has 0 atom stereocenters. The number of amides is 1. The van der Waals surface area contributed by atoms with Gasteiger partial charge in [-0.05, 0) is 73.5 Å². The molecular formula is C32H28N4O6S. The Morgan fingerprint density at radius 1 is 0.907 bits per heavy atom. The highest BCUT2D eigenvalue weighted by atomic mass is 32.2. The van der Waals surface area contributed by atoms with E-state index >= 15 is 0 Å². The minimum absolute atomic E-state index is 0.0363. The van der Waals surface area contributed by atoms with E-state index in [1.54, 1.807) is 60.7 Å². The molecule has 0 aliphatic carbocycles. The van der Waals surface area contributed by atoms with Crippen molar-refractivity contribution in [2.24, 2.45) is 5.10 Å². The number of hydrogen-bond acceptors (Lipinski definition) is 7. The first-order valence-electron chi connectivity index (χ1n) is 13.1. The number of rotatable bonds is 8. The zero-order valence-corrected chi connectivity index (χ0v) is 24.3. The van der Waals surface area contributed by atoms with Crippen LogP contribution in [-0.2, 0) is 10.0 Å². The second-order valence-electron chi connectivity index (χ2n) is 9.72. The number of para-hydroxylation sites is 2. The number of pyridine rings is 1. The largest absolute Gasteiger partial charge is 0.495 e. The van der Waals surface area contributed by atoms with E-state index in [0.29, 0.717) is 22.2 Å². The predicted octanol–water partition coefficient (Wildman–Crippen LogP) is 4.89. The first-order chi connectivity index (χ1) is 20.6. The van der Waals surface area contributed by atoms with E-state index in [1.165, 1.54) is 42.2 Å². The van der Waals surface area contributed by atoms with E-state index in [9.17, 15) is 23.1 Å². The Morgan fingerprint density at radius 3 is 2.37 bits per heavy atom. The number of methoxy groups -OCH3 is 1. The molecule has 0 bridgehead atoms. The summed E-state index contributed by atoms with van der Waals surface area (Å²) in [4.78, 5) is 26.2. The topological polar surface area (TPSA) is 139 Å². The maximum Gasteiger partial charge on any atom is 0.271 e. The molecule has 0 unspecified atom stereocenters. The lowest BCUT2D eigenvalue weighted by molar-refractivity contribution is 0.0955. The molecule has 1 aromatic heterocycles. The summed E-state index contributed by atoms with van der Waals surface area (Å²) in [5.41, 5.74) is 4.93. The average Bonchev–Trinajstić information content (AvgIpc) is 3.00. The molecule has 1 amide bonds. The van der Waals surface area contributed by atoms with Gasteiger partial charge in [-0.3, -0.25) is 14.3 Å². The first kappa shape index (κ1) is 29.1. The van der Waals surface area contributed by atoms with Gasteiger partial charge in [0.15, 0.2) is 0 Å². The van der Waals surface area contributed by atoms with Gasteiger partial charge in [0.05, 0.1) is 35.2 Å². The standard InChI is InChI=1S/C32H28N4O6S/c1-20-15-16-23(17-21(20)2)36-31(38)26-12-5-4-11-25(26)27(32(36)39)19-33-34-30(37)22-9-8-10-24(18-22)43(40,41)35-28-13-6-7-14-29(28)42-3/h4-19,35,39H,1-3H3,(H,34,37)/b33-19+. The van der Waals surface area contributed by atoms with Crippen molar-refractivity contribution < 1.29 is 23.1 Å². The summed E-state index contributed by atoms with van der Waals surface area (Å²) in [6, 6.07) is 24.2. The first-order valence-corrected chi connectivity index (χ1v) is 14.6. The van der Waals surface area contributed by atoms with Gasteiger partial charge in [-0.1, -0.05) is 42.5 Å². The molecular weight excluding hydrogens is 568 g/mol. The minimum atomic E-state index is -4.05. The van der Waals surface area contributed by atoms with Gasteiger partial charge in [-0.25, -0.2) is 18.4 Å². The number of aryl methyl sites for hydroxylation is 2. The lowest BCUT2D eigenvalue weighted by Crippen LogP contribution is -2.21. The molecule has 4 aromatic carbocycles. The predicted molar refractivity (Wildman–Crippen MR) is 166 cm³/mol. The number of aromatic hydroxyl groups is 1. The smallest absolute Gasteiger partial charge is 0.271 e. The van der Waals surface area contributed by atoms with Crippen LogP contribution in [0.1, 0.15) is 27.0 Å². The molecule has 0 aliphatic heterocycles. The van der Waals surface area contributed by atoms with Crippen LogP contribution in [0.5, 0.6) is 11.6 Å². The van der Waals surface area contributed by atoms with Crippen LogP contribution in [0.2, 0.25) is 0 Å². The van der Waals surface area contributed by atoms with Crippen LogP contribution in [0.4, 0.5) is 5.69 Å². The number of benzene rings is 4. The number of sulfonamides is 1. The zero-order valence-electron chi connectivity index (χ0n) is 23.5. The molecule has 43 heavy (non-hydrogen) atoms. The number of nitrogens with zero attached hydrogens (tertiary/aromatic N) is 2. The molecule has 5 rings (SSSR count). The van der Waals surface area contributed by atoms with Gasteiger partial charge < -0.3 is 9.84 Å². The third kappa shape index (κ3) is 5.84. The minimum Gasteiger partial charge on any atom is -0.495 e. The van der Waals surface area contributed by atoms with E-state index in [0.717, 1.165) is 11.1 Å². The van der Waals surface area contributed by atoms with E-state index in [1.807, 2.05) is 19.9 Å². The number of carbonyl (C=O) groups is 1. The van der Waals surface area contributed by atoms with Gasteiger partial charge in [-0.15, -0.1) is 0 Å². The maximum absolute atomic E-state index is 13.4. The van der Waals surface area contributed by atoms with Gasteiger partial charge in [-0.2, -0.15) is 5.10 Å². The zero-order chi connectivity index (χ0) is 30.7. The van der Waals surface area contributed by atoms with E-state index in [2.05, 4.69) is 15.2 Å². The highest BCUT2D eigenvalue weighted by Crippen LogP contribution is 2.28. The SMILES string of the molecule is COc1ccccc1NS(=O)(=O)c1cccc(C(=O)N/N=C/c2c(O)n(-c3ccc(C)c(C)c3)c(=O)c3ccccc23)c1. The summed E-state index contributed by atoms with van der Waals surface area (Å²) in [7, 11) is -2.62. The van der Waals surface area contributed by atoms with Crippen molar-refractivity contribution in [3.05, 3.63) is 124 Å². The number of fused-ring (bicyclic) bond motifs is 1. The highest BCUT2D eigenvalue weighted by Gasteiger charge is 2.19. The summed E-state index contributed by atoms with van der Waals surface area (Å²) in [6.07, 6.45) is 1.25. The summed E-state index contributed by atoms with van der Waals surface area (Å²) in [5, 5.41) is 16.0. The van der Waals surface area contributed by atoms with Crippen molar-refractivity contribution in [3.63, 3.8) is 0 Å². The van der Waals surface area contributed by atoms with Crippen molar-refractivity contribution in [1.82, 2.24) is 9.99 Å². The van der Waals surface area contributed by atoms with Crippen molar-refractivity contribution in [2.45, 2.75) is 18.7 Å². The number of hydrogen-bond donors (Lipinski definition) is 3. The molecule has 0 spiro atoms. The van der Waals surface area contributed by atoms with Crippen LogP contribution in [0.3, 0.4) is 0 Å². The molecule has 5 aromatic rings. The molecule has 1 heterocycles. The number of ether oxygens (including phenoxy) is 1. The van der Waals surface area contributed by atoms with E-state index < -0.39 is 21.5 Å². The van der Waals surface area contributed by atoms with E-state index in [4.69, 9.17) is 4.74 Å². The number of hydrazone groups is 1. The average molecular weight is 597 g/mol. The fourth-order valence-corrected chi connectivity index (χ4v) is 5.67. The summed E-state index contributed by atoms with van der Waals surface area (Å²) in [6.45, 7) is 3.86. The number of carbonyl (C=O) groups excluding carboxylic acids is 1. The molecule has 3 N–H and O–H groups in total. The number of anilines is 1. The third-order valence-electron chi connectivity index (χ3n) is 6.97. The summed E-state index contributed by atoms with van der Waals surface area (Å²) < 4.78 is 34.9. The molecule has 0 saturated carbocycles. The Balaban J connectivity index is 1.44. The molecule has 0 radical (unpaired) electrons. The fraction of sp³-hybridized carbons (Fsp3) is 0.0938. The van der Waals surface area contributed by atoms with Crippen LogP contribution < -0.4 is 20.4 Å². The number of aromatic nitrogens is 1. The highest BCUT2D eigenvalue weighted by molar-refractivity contribution is 7.92. The van der Waals surface area contributed by atoms with Gasteiger partial charge in [0.25, 0.3) is 21.5 Å². The monoisotopic (exact) mass is 596 g/mol. The van der Waals surface area contributed by atoms with Gasteiger partial charge in [0.2, 0.25) is 5.88 Å². The Morgan fingerprint density at radius 2 is 1.63 bits per heavy atom. The Bertz CT molecular complexity index is 2070. The van der Waals surface area contributed by atoms with Crippen molar-refractivity contribution >= 4 is 38.6 Å². The van der Waals surface area contributed by atoms with Crippen LogP contribution in [0.15, 0.2) is 106 Å². The van der Waals surface area contributed by atoms with Crippen molar-refractivity contribution in [3.8, 4) is 17.3 Å². The van der Waals surface area contributed by atoms with E-state index in [-0.39, 0.29) is 27.6 Å². The normalized spacial score (nSPS) is 11.5. The summed E-state index contributed by atoms with van der Waals surface area (Å²) >= 11 is 0. The molecule has 11 heteroatoms. The summed E-state index contributed by atoms with van der Waals surface area (Å²) in [5.74, 6) is -0.689.